The van der Waals surface area contributed by atoms with Crippen molar-refractivity contribution in [3.05, 3.63) is 11.8 Å². The van der Waals surface area contributed by atoms with Crippen LogP contribution in [0.15, 0.2) is 11.2 Å². The topological polar surface area (TPSA) is 107 Å². The van der Waals surface area contributed by atoms with E-state index in [0.29, 0.717) is 13.1 Å². The van der Waals surface area contributed by atoms with Crippen molar-refractivity contribution in [2.75, 3.05) is 27.2 Å². The van der Waals surface area contributed by atoms with E-state index < -0.39 is 16.0 Å². The Morgan fingerprint density at radius 1 is 1.58 bits per heavy atom. The molecule has 2 heterocycles. The molecule has 1 aliphatic rings. The molecule has 1 fully saturated rings. The zero-order chi connectivity index (χ0) is 14.2. The third-order valence-electron chi connectivity index (χ3n) is 3.29. The number of aromatic amines is 1. The molecular weight excluding hydrogens is 272 g/mol. The minimum atomic E-state index is -3.83. The maximum atomic E-state index is 12.4. The summed E-state index contributed by atoms with van der Waals surface area (Å²) in [5.74, 6) is -1.31. The Balaban J connectivity index is 2.29. The van der Waals surface area contributed by atoms with Crippen molar-refractivity contribution >= 4 is 16.0 Å². The molecule has 1 unspecified atom stereocenters. The maximum absolute atomic E-state index is 12.4. The fourth-order valence-electron chi connectivity index (χ4n) is 2.10. The number of aromatic carboxylic acids is 1. The number of hydrogen-bond donors (Lipinski definition) is 2. The highest BCUT2D eigenvalue weighted by molar-refractivity contribution is 7.89. The van der Waals surface area contributed by atoms with Gasteiger partial charge in [0.25, 0.3) is 10.0 Å². The third kappa shape index (κ3) is 2.48. The molecule has 1 saturated heterocycles. The molecule has 1 aromatic rings. The predicted molar refractivity (Wildman–Crippen MR) is 66.4 cm³/mol. The molecule has 9 heteroatoms. The molecule has 8 nitrogen and oxygen atoms in total. The van der Waals surface area contributed by atoms with Crippen molar-refractivity contribution in [2.45, 2.75) is 17.5 Å². The second-order valence-corrected chi connectivity index (χ2v) is 6.56. The molecule has 1 atom stereocenters. The first-order valence-corrected chi connectivity index (χ1v) is 7.21. The number of sulfonamides is 1. The van der Waals surface area contributed by atoms with E-state index in [2.05, 4.69) is 10.2 Å². The number of likely N-dealkylation sites (N-methyl/N-ethyl adjacent to an activating group) is 1. The summed E-state index contributed by atoms with van der Waals surface area (Å²) < 4.78 is 26.0. The largest absolute Gasteiger partial charge is 0.478 e. The van der Waals surface area contributed by atoms with Gasteiger partial charge in [-0.1, -0.05) is 0 Å². The lowest BCUT2D eigenvalue weighted by atomic mass is 10.2. The van der Waals surface area contributed by atoms with Gasteiger partial charge in [-0.25, -0.2) is 13.2 Å². The molecule has 0 radical (unpaired) electrons. The summed E-state index contributed by atoms with van der Waals surface area (Å²) in [5, 5.41) is 14.4. The summed E-state index contributed by atoms with van der Waals surface area (Å²) >= 11 is 0. The van der Waals surface area contributed by atoms with Gasteiger partial charge in [0, 0.05) is 19.1 Å². The van der Waals surface area contributed by atoms with E-state index in [0.717, 1.165) is 12.6 Å². The Labute approximate surface area is 111 Å². The normalized spacial score (nSPS) is 21.1. The van der Waals surface area contributed by atoms with E-state index in [1.165, 1.54) is 4.31 Å². The van der Waals surface area contributed by atoms with Gasteiger partial charge < -0.3 is 10.0 Å². The van der Waals surface area contributed by atoms with Gasteiger partial charge in [0.2, 0.25) is 0 Å². The second-order valence-electron chi connectivity index (χ2n) is 4.69. The van der Waals surface area contributed by atoms with Crippen LogP contribution < -0.4 is 0 Å². The van der Waals surface area contributed by atoms with Gasteiger partial charge in [0.1, 0.15) is 5.56 Å². The van der Waals surface area contributed by atoms with Gasteiger partial charge in [-0.2, -0.15) is 9.40 Å². The summed E-state index contributed by atoms with van der Waals surface area (Å²) in [4.78, 5) is 12.9. The number of nitrogens with one attached hydrogen (secondary N) is 1. The monoisotopic (exact) mass is 288 g/mol. The van der Waals surface area contributed by atoms with Crippen LogP contribution in [0.25, 0.3) is 0 Å². The first-order chi connectivity index (χ1) is 8.84. The number of H-pyrrole nitrogens is 1. The number of aromatic nitrogens is 2. The summed E-state index contributed by atoms with van der Waals surface area (Å²) in [6.45, 7) is 0.733. The van der Waals surface area contributed by atoms with Crippen LogP contribution in [0, 0.1) is 0 Å². The van der Waals surface area contributed by atoms with Gasteiger partial charge in [0.15, 0.2) is 5.03 Å². The van der Waals surface area contributed by atoms with Crippen molar-refractivity contribution in [2.24, 2.45) is 0 Å². The van der Waals surface area contributed by atoms with Crippen molar-refractivity contribution in [3.63, 3.8) is 0 Å². The highest BCUT2D eigenvalue weighted by atomic mass is 32.2. The molecule has 0 amide bonds. The van der Waals surface area contributed by atoms with Gasteiger partial charge in [0.05, 0.1) is 6.20 Å². The lowest BCUT2D eigenvalue weighted by molar-refractivity contribution is 0.0692. The van der Waals surface area contributed by atoms with E-state index in [4.69, 9.17) is 5.11 Å². The second kappa shape index (κ2) is 4.91. The van der Waals surface area contributed by atoms with Gasteiger partial charge in [-0.05, 0) is 20.5 Å². The number of carboxylic acid groups (broad SMARTS) is 1. The molecule has 0 aromatic carbocycles. The van der Waals surface area contributed by atoms with E-state index in [9.17, 15) is 13.2 Å². The van der Waals surface area contributed by atoms with Crippen molar-refractivity contribution in [1.82, 2.24) is 19.4 Å². The first kappa shape index (κ1) is 14.0. The van der Waals surface area contributed by atoms with Crippen LogP contribution in [-0.2, 0) is 10.0 Å². The minimum Gasteiger partial charge on any atom is -0.478 e. The van der Waals surface area contributed by atoms with Crippen LogP contribution in [0.1, 0.15) is 16.8 Å². The van der Waals surface area contributed by atoms with Crippen LogP contribution in [0.2, 0.25) is 0 Å². The quantitative estimate of drug-likeness (QED) is 0.768. The Bertz CT molecular complexity index is 580. The molecule has 2 rings (SSSR count). The lowest BCUT2D eigenvalue weighted by Crippen LogP contribution is -2.35. The van der Waals surface area contributed by atoms with Crippen LogP contribution in [0.3, 0.4) is 0 Å². The third-order valence-corrected chi connectivity index (χ3v) is 5.13. The van der Waals surface area contributed by atoms with Gasteiger partial charge >= 0.3 is 5.97 Å². The van der Waals surface area contributed by atoms with Crippen molar-refractivity contribution in [3.8, 4) is 0 Å². The van der Waals surface area contributed by atoms with Crippen LogP contribution in [0.4, 0.5) is 0 Å². The Kier molecular flexibility index (Phi) is 3.61. The standard InChI is InChI=1S/C10H16N4O4S/c1-13(2)7-3-4-14(6-7)19(17,18)9-8(10(15)16)5-11-12-9/h5,7H,3-4,6H2,1-2H3,(H,11,12)(H,15,16). The number of carboxylic acids is 1. The first-order valence-electron chi connectivity index (χ1n) is 5.77. The molecule has 1 aromatic heterocycles. The molecule has 19 heavy (non-hydrogen) atoms. The van der Waals surface area contributed by atoms with Gasteiger partial charge in [-0.15, -0.1) is 0 Å². The maximum Gasteiger partial charge on any atom is 0.340 e. The van der Waals surface area contributed by atoms with Crippen LogP contribution in [-0.4, -0.2) is 72.1 Å². The van der Waals surface area contributed by atoms with E-state index >= 15 is 0 Å². The molecule has 0 bridgehead atoms. The fourth-order valence-corrected chi connectivity index (χ4v) is 3.66. The Morgan fingerprint density at radius 3 is 2.79 bits per heavy atom. The number of hydrogen-bond acceptors (Lipinski definition) is 5. The number of nitrogens with zero attached hydrogens (tertiary/aromatic N) is 3. The predicted octanol–water partition coefficient (Wildman–Crippen LogP) is -0.567. The van der Waals surface area contributed by atoms with E-state index in [1.54, 1.807) is 0 Å². The average molecular weight is 288 g/mol. The van der Waals surface area contributed by atoms with E-state index in [1.807, 2.05) is 19.0 Å². The van der Waals surface area contributed by atoms with E-state index in [-0.39, 0.29) is 16.6 Å². The molecule has 106 valence electrons. The summed E-state index contributed by atoms with van der Waals surface area (Å²) in [6.07, 6.45) is 1.73. The average Bonchev–Trinajstić information content (AvgIpc) is 2.98. The SMILES string of the molecule is CN(C)C1CCN(S(=O)(=O)c2[nH]ncc2C(=O)O)C1. The van der Waals surface area contributed by atoms with Crippen molar-refractivity contribution in [1.29, 1.82) is 0 Å². The molecule has 2 N–H and O–H groups in total. The highest BCUT2D eigenvalue weighted by Crippen LogP contribution is 2.23. The smallest absolute Gasteiger partial charge is 0.340 e. The molecule has 0 saturated carbocycles. The fraction of sp³-hybridized carbons (Fsp3) is 0.600. The molecule has 0 spiro atoms. The zero-order valence-corrected chi connectivity index (χ0v) is 11.5. The van der Waals surface area contributed by atoms with Crippen LogP contribution >= 0.6 is 0 Å². The molecule has 1 aliphatic heterocycles. The van der Waals surface area contributed by atoms with Crippen molar-refractivity contribution < 1.29 is 18.3 Å². The highest BCUT2D eigenvalue weighted by Gasteiger charge is 2.36. The summed E-state index contributed by atoms with van der Waals surface area (Å²) in [6, 6.07) is 0.144. The lowest BCUT2D eigenvalue weighted by Gasteiger charge is -2.19. The Morgan fingerprint density at radius 2 is 2.26 bits per heavy atom. The molecular formula is C10H16N4O4S. The zero-order valence-electron chi connectivity index (χ0n) is 10.7. The number of rotatable bonds is 4. The van der Waals surface area contributed by atoms with Crippen LogP contribution in [0.5, 0.6) is 0 Å². The number of carbonyl (C=O) groups is 1. The summed E-state index contributed by atoms with van der Waals surface area (Å²) in [5.41, 5.74) is -0.326. The van der Waals surface area contributed by atoms with Gasteiger partial charge in [-0.3, -0.25) is 5.10 Å². The Hall–Kier alpha value is -1.45. The molecule has 0 aliphatic carbocycles. The minimum absolute atomic E-state index is 0.144. The summed E-state index contributed by atoms with van der Waals surface area (Å²) in [7, 11) is -0.0526.